The van der Waals surface area contributed by atoms with Crippen LogP contribution in [0.25, 0.3) is 10.8 Å². The Morgan fingerprint density at radius 2 is 1.60 bits per heavy atom. The van der Waals surface area contributed by atoms with Gasteiger partial charge in [0.2, 0.25) is 0 Å². The first kappa shape index (κ1) is 12.9. The summed E-state index contributed by atoms with van der Waals surface area (Å²) in [5.74, 6) is -0.0232. The summed E-state index contributed by atoms with van der Waals surface area (Å²) in [6, 6.07) is 19.1. The van der Waals surface area contributed by atoms with Gasteiger partial charge in [0.05, 0.1) is 5.02 Å². The van der Waals surface area contributed by atoms with Crippen LogP contribution in [0.2, 0.25) is 5.02 Å². The van der Waals surface area contributed by atoms with E-state index in [-0.39, 0.29) is 5.78 Å². The van der Waals surface area contributed by atoms with Gasteiger partial charge in [0, 0.05) is 11.1 Å². The van der Waals surface area contributed by atoms with E-state index in [1.54, 1.807) is 12.1 Å². The minimum atomic E-state index is -0.0232. The van der Waals surface area contributed by atoms with Crippen molar-refractivity contribution in [3.8, 4) is 0 Å². The van der Waals surface area contributed by atoms with Crippen LogP contribution in [-0.2, 0) is 0 Å². The largest absolute Gasteiger partial charge is 0.289 e. The smallest absolute Gasteiger partial charge is 0.195 e. The lowest BCUT2D eigenvalue weighted by Gasteiger charge is -2.10. The molecule has 3 aromatic carbocycles. The highest BCUT2D eigenvalue weighted by molar-refractivity contribution is 6.35. The van der Waals surface area contributed by atoms with Gasteiger partial charge in [0.15, 0.2) is 5.78 Å². The van der Waals surface area contributed by atoms with Crippen molar-refractivity contribution in [2.24, 2.45) is 0 Å². The minimum absolute atomic E-state index is 0.0232. The maximum atomic E-state index is 12.8. The molecule has 0 heterocycles. The van der Waals surface area contributed by atoms with Gasteiger partial charge in [0.1, 0.15) is 0 Å². The Labute approximate surface area is 122 Å². The summed E-state index contributed by atoms with van der Waals surface area (Å²) in [5.41, 5.74) is 2.25. The van der Waals surface area contributed by atoms with Gasteiger partial charge < -0.3 is 0 Å². The number of aryl methyl sites for hydroxylation is 1. The van der Waals surface area contributed by atoms with E-state index in [9.17, 15) is 4.79 Å². The van der Waals surface area contributed by atoms with Gasteiger partial charge in [-0.1, -0.05) is 60.1 Å². The van der Waals surface area contributed by atoms with Gasteiger partial charge in [-0.2, -0.15) is 0 Å². The van der Waals surface area contributed by atoms with Crippen LogP contribution in [-0.4, -0.2) is 5.78 Å². The monoisotopic (exact) mass is 280 g/mol. The van der Waals surface area contributed by atoms with Gasteiger partial charge in [-0.3, -0.25) is 4.79 Å². The predicted molar refractivity (Wildman–Crippen MR) is 83.6 cm³/mol. The maximum Gasteiger partial charge on any atom is 0.195 e. The molecule has 2 heteroatoms. The first-order chi connectivity index (χ1) is 9.68. The fourth-order valence-corrected chi connectivity index (χ4v) is 2.68. The van der Waals surface area contributed by atoms with Crippen LogP contribution in [0.5, 0.6) is 0 Å². The van der Waals surface area contributed by atoms with E-state index in [0.29, 0.717) is 10.6 Å². The summed E-state index contributed by atoms with van der Waals surface area (Å²) in [6.07, 6.45) is 0. The molecule has 0 spiro atoms. The normalized spacial score (nSPS) is 10.7. The second kappa shape index (κ2) is 5.10. The topological polar surface area (TPSA) is 17.1 Å². The van der Waals surface area contributed by atoms with Crippen molar-refractivity contribution in [1.82, 2.24) is 0 Å². The Morgan fingerprint density at radius 1 is 0.900 bits per heavy atom. The molecule has 0 aliphatic rings. The zero-order valence-corrected chi connectivity index (χ0v) is 11.8. The summed E-state index contributed by atoms with van der Waals surface area (Å²) in [6.45, 7) is 1.95. The fraction of sp³-hybridized carbons (Fsp3) is 0.0556. The van der Waals surface area contributed by atoms with Gasteiger partial charge >= 0.3 is 0 Å². The standard InChI is InChI=1S/C18H13ClO/c1-12-10-11-13-6-2-3-7-14(13)17(12)18(20)15-8-4-5-9-16(15)19/h2-11H,1H3. The number of hydrogen-bond donors (Lipinski definition) is 0. The summed E-state index contributed by atoms with van der Waals surface area (Å²) in [4.78, 5) is 12.8. The molecule has 0 radical (unpaired) electrons. The van der Waals surface area contributed by atoms with E-state index in [1.807, 2.05) is 55.5 Å². The second-order valence-electron chi connectivity index (χ2n) is 4.79. The summed E-state index contributed by atoms with van der Waals surface area (Å²) in [5, 5.41) is 2.52. The third kappa shape index (κ3) is 2.10. The fourth-order valence-electron chi connectivity index (χ4n) is 2.46. The number of carbonyl (C=O) groups excluding carboxylic acids is 1. The Kier molecular flexibility index (Phi) is 3.29. The molecule has 3 aromatic rings. The van der Waals surface area contributed by atoms with Crippen LogP contribution in [0.4, 0.5) is 0 Å². The molecule has 1 nitrogen and oxygen atoms in total. The zero-order valence-electron chi connectivity index (χ0n) is 11.1. The molecule has 0 saturated heterocycles. The molecule has 0 fully saturated rings. The van der Waals surface area contributed by atoms with E-state index in [4.69, 9.17) is 11.6 Å². The van der Waals surface area contributed by atoms with Crippen molar-refractivity contribution in [2.45, 2.75) is 6.92 Å². The highest BCUT2D eigenvalue weighted by atomic mass is 35.5. The lowest BCUT2D eigenvalue weighted by molar-refractivity contribution is 0.104. The van der Waals surface area contributed by atoms with Crippen molar-refractivity contribution < 1.29 is 4.79 Å². The molecule has 0 unspecified atom stereocenters. The van der Waals surface area contributed by atoms with Crippen LogP contribution < -0.4 is 0 Å². The number of rotatable bonds is 2. The lowest BCUT2D eigenvalue weighted by atomic mass is 9.93. The minimum Gasteiger partial charge on any atom is -0.289 e. The second-order valence-corrected chi connectivity index (χ2v) is 5.19. The number of benzene rings is 3. The summed E-state index contributed by atoms with van der Waals surface area (Å²) >= 11 is 6.15. The molecule has 0 bridgehead atoms. The van der Waals surface area contributed by atoms with E-state index in [1.165, 1.54) is 0 Å². The molecule has 0 aromatic heterocycles. The molecule has 0 saturated carbocycles. The molecule has 0 aliphatic heterocycles. The SMILES string of the molecule is Cc1ccc2ccccc2c1C(=O)c1ccccc1Cl. The van der Waals surface area contributed by atoms with Crippen LogP contribution in [0.15, 0.2) is 60.7 Å². The highest BCUT2D eigenvalue weighted by Crippen LogP contribution is 2.27. The number of halogens is 1. The average molecular weight is 281 g/mol. The molecule has 0 N–H and O–H groups in total. The summed E-state index contributed by atoms with van der Waals surface area (Å²) < 4.78 is 0. The van der Waals surface area contributed by atoms with Gasteiger partial charge in [-0.15, -0.1) is 0 Å². The van der Waals surface area contributed by atoms with Crippen molar-refractivity contribution in [1.29, 1.82) is 0 Å². The molecule has 20 heavy (non-hydrogen) atoms. The van der Waals surface area contributed by atoms with Gasteiger partial charge in [-0.05, 0) is 35.4 Å². The Morgan fingerprint density at radius 3 is 2.40 bits per heavy atom. The number of ketones is 1. The summed E-state index contributed by atoms with van der Waals surface area (Å²) in [7, 11) is 0. The van der Waals surface area contributed by atoms with Crippen LogP contribution in [0, 0.1) is 6.92 Å². The molecule has 0 aliphatic carbocycles. The molecule has 0 atom stereocenters. The van der Waals surface area contributed by atoms with Crippen LogP contribution >= 0.6 is 11.6 Å². The number of carbonyl (C=O) groups is 1. The van der Waals surface area contributed by atoms with Crippen molar-refractivity contribution in [2.75, 3.05) is 0 Å². The van der Waals surface area contributed by atoms with E-state index in [0.717, 1.165) is 21.9 Å². The molecular weight excluding hydrogens is 268 g/mol. The lowest BCUT2D eigenvalue weighted by Crippen LogP contribution is -2.05. The Balaban J connectivity index is 2.27. The molecule has 3 rings (SSSR count). The quantitative estimate of drug-likeness (QED) is 0.602. The third-order valence-electron chi connectivity index (χ3n) is 3.48. The Bertz CT molecular complexity index is 805. The van der Waals surface area contributed by atoms with Crippen molar-refractivity contribution in [3.05, 3.63) is 82.4 Å². The first-order valence-corrected chi connectivity index (χ1v) is 6.84. The maximum absolute atomic E-state index is 12.8. The molecular formula is C18H13ClO. The number of fused-ring (bicyclic) bond motifs is 1. The van der Waals surface area contributed by atoms with E-state index < -0.39 is 0 Å². The molecule has 98 valence electrons. The zero-order chi connectivity index (χ0) is 14.1. The van der Waals surface area contributed by atoms with E-state index in [2.05, 4.69) is 0 Å². The van der Waals surface area contributed by atoms with Crippen LogP contribution in [0.1, 0.15) is 21.5 Å². The van der Waals surface area contributed by atoms with Gasteiger partial charge in [0.25, 0.3) is 0 Å². The highest BCUT2D eigenvalue weighted by Gasteiger charge is 2.17. The molecule has 0 amide bonds. The van der Waals surface area contributed by atoms with Crippen LogP contribution in [0.3, 0.4) is 0 Å². The van der Waals surface area contributed by atoms with Crippen molar-refractivity contribution in [3.63, 3.8) is 0 Å². The third-order valence-corrected chi connectivity index (χ3v) is 3.81. The Hall–Kier alpha value is -2.12. The first-order valence-electron chi connectivity index (χ1n) is 6.46. The van der Waals surface area contributed by atoms with E-state index >= 15 is 0 Å². The van der Waals surface area contributed by atoms with Crippen molar-refractivity contribution >= 4 is 28.2 Å². The number of hydrogen-bond acceptors (Lipinski definition) is 1. The van der Waals surface area contributed by atoms with Gasteiger partial charge in [-0.25, -0.2) is 0 Å². The predicted octanol–water partition coefficient (Wildman–Crippen LogP) is 5.03. The average Bonchev–Trinajstić information content (AvgIpc) is 2.47.